The summed E-state index contributed by atoms with van der Waals surface area (Å²) in [6.45, 7) is 0. The van der Waals surface area contributed by atoms with Crippen LogP contribution in [0.3, 0.4) is 0 Å². The maximum absolute atomic E-state index is 15.3. The summed E-state index contributed by atoms with van der Waals surface area (Å²) in [5, 5.41) is 5.91. The van der Waals surface area contributed by atoms with Gasteiger partial charge in [-0.1, -0.05) is 146 Å². The molecule has 1 unspecified atom stereocenters. The molecule has 0 spiro atoms. The molecular weight excluding hydrogens is 690 g/mol. The topological polar surface area (TPSA) is 47.8 Å². The molecule has 8 aromatic carbocycles. The van der Waals surface area contributed by atoms with Gasteiger partial charge in [0.25, 0.3) is 0 Å². The van der Waals surface area contributed by atoms with E-state index in [1.54, 1.807) is 0 Å². The molecule has 0 bridgehead atoms. The van der Waals surface area contributed by atoms with Gasteiger partial charge in [-0.2, -0.15) is 0 Å². The van der Waals surface area contributed by atoms with Crippen molar-refractivity contribution in [3.63, 3.8) is 0 Å². The van der Waals surface area contributed by atoms with Crippen LogP contribution in [0.4, 0.5) is 0 Å². The molecule has 258 valence electrons. The van der Waals surface area contributed by atoms with Crippen LogP contribution in [0, 0.1) is 0 Å². The third kappa shape index (κ3) is 4.89. The van der Waals surface area contributed by atoms with Crippen molar-refractivity contribution in [2.24, 2.45) is 0 Å². The van der Waals surface area contributed by atoms with E-state index >= 15 is 4.57 Å². The Hall–Kier alpha value is -6.87. The van der Waals surface area contributed by atoms with Gasteiger partial charge in [0.2, 0.25) is 0 Å². The minimum atomic E-state index is -3.07. The van der Waals surface area contributed by atoms with Crippen LogP contribution in [0.15, 0.2) is 194 Å². The molecule has 0 saturated carbocycles. The van der Waals surface area contributed by atoms with Gasteiger partial charge in [0.15, 0.2) is 13.0 Å². The summed E-state index contributed by atoms with van der Waals surface area (Å²) in [7, 11) is -3.07. The maximum Gasteiger partial charge on any atom is 0.172 e. The van der Waals surface area contributed by atoms with Crippen LogP contribution in [-0.4, -0.2) is 14.5 Å². The predicted octanol–water partition coefficient (Wildman–Crippen LogP) is 11.3. The zero-order chi connectivity index (χ0) is 36.5. The molecule has 0 radical (unpaired) electrons. The number of hydrogen-bond acceptors (Lipinski definition) is 3. The van der Waals surface area contributed by atoms with Crippen molar-refractivity contribution in [3.05, 3.63) is 194 Å². The van der Waals surface area contributed by atoms with E-state index in [1.807, 2.05) is 66.7 Å². The quantitative estimate of drug-likeness (QED) is 0.166. The van der Waals surface area contributed by atoms with Gasteiger partial charge in [0, 0.05) is 48.9 Å². The van der Waals surface area contributed by atoms with Gasteiger partial charge in [0.1, 0.15) is 0 Å². The monoisotopic (exact) mass is 721 g/mol. The molecule has 0 saturated heterocycles. The van der Waals surface area contributed by atoms with Crippen LogP contribution in [0.5, 0.6) is 0 Å². The highest BCUT2D eigenvalue weighted by Crippen LogP contribution is 2.53. The highest BCUT2D eigenvalue weighted by molar-refractivity contribution is 7.86. The predicted molar refractivity (Wildman–Crippen MR) is 229 cm³/mol. The number of para-hydroxylation sites is 2. The van der Waals surface area contributed by atoms with E-state index in [0.29, 0.717) is 5.82 Å². The van der Waals surface area contributed by atoms with Gasteiger partial charge >= 0.3 is 0 Å². The largest absolute Gasteiger partial charge is 0.309 e. The first-order valence-electron chi connectivity index (χ1n) is 18.5. The lowest BCUT2D eigenvalue weighted by Crippen LogP contribution is -2.20. The minimum Gasteiger partial charge on any atom is -0.309 e. The molecule has 2 aromatic heterocycles. The van der Waals surface area contributed by atoms with Gasteiger partial charge in [0.05, 0.1) is 22.2 Å². The molecule has 0 fully saturated rings. The van der Waals surface area contributed by atoms with Gasteiger partial charge in [-0.05, 0) is 70.8 Å². The summed E-state index contributed by atoms with van der Waals surface area (Å²) in [4.78, 5) is 10.2. The first-order valence-corrected chi connectivity index (χ1v) is 20.2. The number of hydrogen-bond donors (Lipinski definition) is 0. The van der Waals surface area contributed by atoms with Crippen molar-refractivity contribution < 1.29 is 4.57 Å². The summed E-state index contributed by atoms with van der Waals surface area (Å²) < 4.78 is 17.7. The van der Waals surface area contributed by atoms with Crippen LogP contribution < -0.4 is 15.9 Å². The van der Waals surface area contributed by atoms with E-state index in [2.05, 4.69) is 132 Å². The smallest absolute Gasteiger partial charge is 0.172 e. The highest BCUT2D eigenvalue weighted by Gasteiger charge is 2.40. The molecule has 1 aliphatic heterocycles. The highest BCUT2D eigenvalue weighted by atomic mass is 31.2. The molecule has 0 amide bonds. The van der Waals surface area contributed by atoms with Crippen LogP contribution in [0.2, 0.25) is 0 Å². The van der Waals surface area contributed by atoms with E-state index in [1.165, 1.54) is 11.1 Å². The Balaban J connectivity index is 1.04. The Morgan fingerprint density at radius 1 is 0.418 bits per heavy atom. The van der Waals surface area contributed by atoms with Gasteiger partial charge in [-0.25, -0.2) is 9.97 Å². The van der Waals surface area contributed by atoms with Gasteiger partial charge < -0.3 is 9.13 Å². The number of benzene rings is 8. The Morgan fingerprint density at radius 3 is 1.84 bits per heavy atom. The third-order valence-corrected chi connectivity index (χ3v) is 14.2. The second kappa shape index (κ2) is 12.3. The van der Waals surface area contributed by atoms with E-state index < -0.39 is 7.14 Å². The fourth-order valence-corrected chi connectivity index (χ4v) is 11.5. The molecular formula is C50H32N3OP. The van der Waals surface area contributed by atoms with Gasteiger partial charge in [-0.3, -0.25) is 0 Å². The average Bonchev–Trinajstić information content (AvgIpc) is 3.72. The van der Waals surface area contributed by atoms with Crippen LogP contribution in [0.1, 0.15) is 0 Å². The van der Waals surface area contributed by atoms with Gasteiger partial charge in [-0.15, -0.1) is 0 Å². The van der Waals surface area contributed by atoms with Crippen molar-refractivity contribution in [3.8, 4) is 50.6 Å². The molecule has 5 heteroatoms. The Bertz CT molecular complexity index is 3150. The van der Waals surface area contributed by atoms with Crippen molar-refractivity contribution in [1.82, 2.24) is 14.5 Å². The number of aromatic nitrogens is 3. The van der Waals surface area contributed by atoms with Crippen molar-refractivity contribution in [2.75, 3.05) is 0 Å². The Kier molecular flexibility index (Phi) is 7.10. The van der Waals surface area contributed by atoms with E-state index in [0.717, 1.165) is 82.3 Å². The maximum atomic E-state index is 15.3. The molecule has 10 aromatic rings. The minimum absolute atomic E-state index is 0.681. The zero-order valence-corrected chi connectivity index (χ0v) is 30.6. The Morgan fingerprint density at radius 2 is 1.04 bits per heavy atom. The molecule has 11 rings (SSSR count). The second-order valence-electron chi connectivity index (χ2n) is 14.1. The van der Waals surface area contributed by atoms with Crippen LogP contribution in [-0.2, 0) is 4.57 Å². The lowest BCUT2D eigenvalue weighted by Gasteiger charge is -2.16. The normalized spacial score (nSPS) is 14.7. The molecule has 0 aliphatic carbocycles. The first-order chi connectivity index (χ1) is 27.1. The molecule has 0 N–H and O–H groups in total. The summed E-state index contributed by atoms with van der Waals surface area (Å²) in [6, 6.07) is 66.9. The molecule has 1 atom stereocenters. The molecule has 1 aliphatic rings. The summed E-state index contributed by atoms with van der Waals surface area (Å²) >= 11 is 0. The van der Waals surface area contributed by atoms with E-state index in [-0.39, 0.29) is 0 Å². The summed E-state index contributed by atoms with van der Waals surface area (Å²) in [5.74, 6) is 0.681. The zero-order valence-electron chi connectivity index (χ0n) is 29.7. The lowest BCUT2D eigenvalue weighted by atomic mass is 10.0. The SMILES string of the molecule is O=P1(c2ccccc2)c2ccccc2-c2cc3c(cc21)c1ccccc1n3-c1ccc(-c2nc(-c3ccc(-c4ccccc4)cc3)c3ccccc3n2)cc1. The number of fused-ring (bicyclic) bond motifs is 7. The van der Waals surface area contributed by atoms with E-state index in [4.69, 9.17) is 9.97 Å². The van der Waals surface area contributed by atoms with Crippen molar-refractivity contribution >= 4 is 55.8 Å². The molecule has 3 heterocycles. The van der Waals surface area contributed by atoms with Crippen molar-refractivity contribution in [2.45, 2.75) is 0 Å². The molecule has 4 nitrogen and oxygen atoms in total. The fourth-order valence-electron chi connectivity index (χ4n) is 8.42. The number of nitrogens with zero attached hydrogens (tertiary/aromatic N) is 3. The third-order valence-electron chi connectivity index (χ3n) is 11.0. The van der Waals surface area contributed by atoms with Crippen molar-refractivity contribution in [1.29, 1.82) is 0 Å². The first kappa shape index (κ1) is 31.6. The summed E-state index contributed by atoms with van der Waals surface area (Å²) in [6.07, 6.45) is 0. The van der Waals surface area contributed by atoms with Crippen LogP contribution >= 0.6 is 7.14 Å². The van der Waals surface area contributed by atoms with Crippen LogP contribution in [0.25, 0.3) is 83.3 Å². The Labute approximate surface area is 318 Å². The summed E-state index contributed by atoms with van der Waals surface area (Å²) in [5.41, 5.74) is 11.4. The number of rotatable bonds is 5. The standard InChI is InChI=1S/C50H32N3OP/c54-55(38-15-5-2-6-16-38)47-22-12-9-18-40(47)43-31-46-42(32-48(43)55)39-17-8-11-21-45(39)53(46)37-29-27-36(28-30-37)50-51-44-20-10-7-19-41(44)49(52-50)35-25-23-34(24-26-35)33-13-3-1-4-14-33/h1-32H. The fraction of sp³-hybridized carbons (Fsp3) is 0. The van der Waals surface area contributed by atoms with E-state index in [9.17, 15) is 0 Å². The average molecular weight is 722 g/mol. The molecule has 55 heavy (non-hydrogen) atoms. The second-order valence-corrected chi connectivity index (χ2v) is 16.8. The lowest BCUT2D eigenvalue weighted by molar-refractivity contribution is 0.593.